The maximum atomic E-state index is 10.5. The molecule has 18 heavy (non-hydrogen) atoms. The van der Waals surface area contributed by atoms with Crippen molar-refractivity contribution in [2.24, 2.45) is 0 Å². The van der Waals surface area contributed by atoms with Crippen molar-refractivity contribution >= 4 is 5.97 Å². The molecule has 0 radical (unpaired) electrons. The van der Waals surface area contributed by atoms with Gasteiger partial charge in [0.15, 0.2) is 6.29 Å². The van der Waals surface area contributed by atoms with Crippen LogP contribution in [0.4, 0.5) is 0 Å². The fourth-order valence-electron chi connectivity index (χ4n) is 1.97. The summed E-state index contributed by atoms with van der Waals surface area (Å²) in [6, 6.07) is 8.25. The zero-order valence-corrected chi connectivity index (χ0v) is 10.5. The average molecular weight is 250 g/mol. The molecule has 2 atom stereocenters. The van der Waals surface area contributed by atoms with E-state index in [0.717, 1.165) is 0 Å². The highest BCUT2D eigenvalue weighted by molar-refractivity contribution is 5.66. The minimum absolute atomic E-state index is 0.0865. The summed E-state index contributed by atoms with van der Waals surface area (Å²) in [7, 11) is 0. The number of carboxylic acids is 1. The van der Waals surface area contributed by atoms with Crippen molar-refractivity contribution in [3.8, 4) is 0 Å². The van der Waals surface area contributed by atoms with Gasteiger partial charge in [-0.15, -0.1) is 0 Å². The highest BCUT2D eigenvalue weighted by atomic mass is 16.7. The van der Waals surface area contributed by atoms with Crippen molar-refractivity contribution in [1.82, 2.24) is 0 Å². The lowest BCUT2D eigenvalue weighted by Gasteiger charge is -2.11. The summed E-state index contributed by atoms with van der Waals surface area (Å²) in [5.74, 6) is -0.791. The van der Waals surface area contributed by atoms with Crippen molar-refractivity contribution in [1.29, 1.82) is 0 Å². The summed E-state index contributed by atoms with van der Waals surface area (Å²) in [5.41, 5.74) is 2.40. The van der Waals surface area contributed by atoms with E-state index in [1.807, 2.05) is 6.92 Å². The molecule has 4 heteroatoms. The largest absolute Gasteiger partial charge is 0.481 e. The van der Waals surface area contributed by atoms with Crippen molar-refractivity contribution in [2.45, 2.75) is 38.6 Å². The first-order valence-electron chi connectivity index (χ1n) is 6.18. The number of rotatable bonds is 5. The Bertz CT molecular complexity index is 399. The maximum absolute atomic E-state index is 10.5. The van der Waals surface area contributed by atoms with E-state index < -0.39 is 5.97 Å². The lowest BCUT2D eigenvalue weighted by molar-refractivity contribution is -0.137. The molecule has 1 fully saturated rings. The predicted octanol–water partition coefficient (Wildman–Crippen LogP) is 2.14. The van der Waals surface area contributed by atoms with Crippen LogP contribution in [0.3, 0.4) is 0 Å². The molecule has 1 aliphatic heterocycles. The fourth-order valence-corrected chi connectivity index (χ4v) is 1.97. The SMILES string of the molecule is Cc1ccc(CC2OCC(CCC(=O)O)O2)cc1. The Kier molecular flexibility index (Phi) is 4.33. The van der Waals surface area contributed by atoms with Gasteiger partial charge in [0.05, 0.1) is 12.7 Å². The summed E-state index contributed by atoms with van der Waals surface area (Å²) in [6.07, 6.45) is 1.03. The first-order chi connectivity index (χ1) is 8.63. The Balaban J connectivity index is 1.78. The summed E-state index contributed by atoms with van der Waals surface area (Å²) < 4.78 is 11.2. The van der Waals surface area contributed by atoms with Crippen LogP contribution in [-0.4, -0.2) is 30.1 Å². The molecule has 1 aromatic rings. The van der Waals surface area contributed by atoms with E-state index in [2.05, 4.69) is 24.3 Å². The zero-order valence-electron chi connectivity index (χ0n) is 10.5. The molecule has 1 aliphatic rings. The molecular weight excluding hydrogens is 232 g/mol. The molecule has 4 nitrogen and oxygen atoms in total. The monoisotopic (exact) mass is 250 g/mol. The number of hydrogen-bond donors (Lipinski definition) is 1. The van der Waals surface area contributed by atoms with Crippen LogP contribution in [0.25, 0.3) is 0 Å². The van der Waals surface area contributed by atoms with E-state index >= 15 is 0 Å². The number of aliphatic carboxylic acids is 1. The van der Waals surface area contributed by atoms with Crippen LogP contribution < -0.4 is 0 Å². The van der Waals surface area contributed by atoms with Gasteiger partial charge in [0.25, 0.3) is 0 Å². The zero-order chi connectivity index (χ0) is 13.0. The Morgan fingerprint density at radius 3 is 2.78 bits per heavy atom. The Hall–Kier alpha value is -1.39. The lowest BCUT2D eigenvalue weighted by atomic mass is 10.1. The molecule has 2 unspecified atom stereocenters. The summed E-state index contributed by atoms with van der Waals surface area (Å²) in [4.78, 5) is 10.5. The van der Waals surface area contributed by atoms with Crippen LogP contribution in [0, 0.1) is 6.92 Å². The first kappa shape index (κ1) is 13.1. The number of carboxylic acid groups (broad SMARTS) is 1. The van der Waals surface area contributed by atoms with E-state index in [0.29, 0.717) is 19.4 Å². The van der Waals surface area contributed by atoms with Gasteiger partial charge in [0, 0.05) is 12.8 Å². The minimum atomic E-state index is -0.791. The van der Waals surface area contributed by atoms with E-state index in [1.54, 1.807) is 0 Å². The van der Waals surface area contributed by atoms with E-state index in [1.165, 1.54) is 11.1 Å². The first-order valence-corrected chi connectivity index (χ1v) is 6.18. The second-order valence-electron chi connectivity index (χ2n) is 4.64. The number of aryl methyl sites for hydroxylation is 1. The van der Waals surface area contributed by atoms with Gasteiger partial charge in [-0.3, -0.25) is 4.79 Å². The van der Waals surface area contributed by atoms with Gasteiger partial charge in [-0.25, -0.2) is 0 Å². The Morgan fingerprint density at radius 1 is 1.39 bits per heavy atom. The summed E-state index contributed by atoms with van der Waals surface area (Å²) in [5, 5.41) is 8.60. The molecule has 1 N–H and O–H groups in total. The van der Waals surface area contributed by atoms with Crippen LogP contribution in [0.15, 0.2) is 24.3 Å². The number of ether oxygens (including phenoxy) is 2. The van der Waals surface area contributed by atoms with Crippen LogP contribution >= 0.6 is 0 Å². The van der Waals surface area contributed by atoms with Gasteiger partial charge < -0.3 is 14.6 Å². The van der Waals surface area contributed by atoms with Gasteiger partial charge in [0.1, 0.15) is 0 Å². The van der Waals surface area contributed by atoms with Crippen molar-refractivity contribution in [2.75, 3.05) is 6.61 Å². The molecule has 1 aromatic carbocycles. The third-order valence-corrected chi connectivity index (χ3v) is 3.02. The molecule has 0 saturated carbocycles. The highest BCUT2D eigenvalue weighted by Crippen LogP contribution is 2.19. The molecule has 0 amide bonds. The van der Waals surface area contributed by atoms with E-state index in [9.17, 15) is 4.79 Å². The maximum Gasteiger partial charge on any atom is 0.303 e. The van der Waals surface area contributed by atoms with Crippen LogP contribution in [0.5, 0.6) is 0 Å². The lowest BCUT2D eigenvalue weighted by Crippen LogP contribution is -2.15. The van der Waals surface area contributed by atoms with Crippen LogP contribution in [0.1, 0.15) is 24.0 Å². The average Bonchev–Trinajstić information content (AvgIpc) is 2.77. The molecule has 0 aliphatic carbocycles. The van der Waals surface area contributed by atoms with Gasteiger partial charge in [-0.2, -0.15) is 0 Å². The van der Waals surface area contributed by atoms with Crippen molar-refractivity contribution in [3.63, 3.8) is 0 Å². The summed E-state index contributed by atoms with van der Waals surface area (Å²) in [6.45, 7) is 2.54. The van der Waals surface area contributed by atoms with Gasteiger partial charge >= 0.3 is 5.97 Å². The molecule has 2 rings (SSSR count). The normalized spacial score (nSPS) is 23.2. The number of hydrogen-bond acceptors (Lipinski definition) is 3. The molecule has 98 valence electrons. The van der Waals surface area contributed by atoms with Crippen molar-refractivity contribution < 1.29 is 19.4 Å². The standard InChI is InChI=1S/C14H18O4/c1-10-2-4-11(5-3-10)8-14-17-9-12(18-14)6-7-13(15)16/h2-5,12,14H,6-9H2,1H3,(H,15,16). The Labute approximate surface area is 107 Å². The minimum Gasteiger partial charge on any atom is -0.481 e. The van der Waals surface area contributed by atoms with Gasteiger partial charge in [-0.1, -0.05) is 29.8 Å². The molecule has 0 spiro atoms. The van der Waals surface area contributed by atoms with Gasteiger partial charge in [0.2, 0.25) is 0 Å². The third kappa shape index (κ3) is 3.82. The predicted molar refractivity (Wildman–Crippen MR) is 66.4 cm³/mol. The topological polar surface area (TPSA) is 55.8 Å². The smallest absolute Gasteiger partial charge is 0.303 e. The van der Waals surface area contributed by atoms with Gasteiger partial charge in [-0.05, 0) is 18.9 Å². The molecule has 1 heterocycles. The van der Waals surface area contributed by atoms with Crippen LogP contribution in [-0.2, 0) is 20.7 Å². The third-order valence-electron chi connectivity index (χ3n) is 3.02. The second kappa shape index (κ2) is 5.98. The number of benzene rings is 1. The summed E-state index contributed by atoms with van der Waals surface area (Å²) >= 11 is 0. The van der Waals surface area contributed by atoms with Crippen LogP contribution in [0.2, 0.25) is 0 Å². The Morgan fingerprint density at radius 2 is 2.11 bits per heavy atom. The quantitative estimate of drug-likeness (QED) is 0.870. The molecule has 0 bridgehead atoms. The molecule has 0 aromatic heterocycles. The fraction of sp³-hybridized carbons (Fsp3) is 0.500. The van der Waals surface area contributed by atoms with E-state index in [-0.39, 0.29) is 18.8 Å². The van der Waals surface area contributed by atoms with E-state index in [4.69, 9.17) is 14.6 Å². The second-order valence-corrected chi connectivity index (χ2v) is 4.64. The number of carbonyl (C=O) groups is 1. The van der Waals surface area contributed by atoms with Crippen molar-refractivity contribution in [3.05, 3.63) is 35.4 Å². The molecule has 1 saturated heterocycles. The highest BCUT2D eigenvalue weighted by Gasteiger charge is 2.26. The molecular formula is C14H18O4.